The van der Waals surface area contributed by atoms with Gasteiger partial charge in [-0.3, -0.25) is 4.79 Å². The number of aromatic amines is 1. The molecule has 0 fully saturated rings. The van der Waals surface area contributed by atoms with Gasteiger partial charge in [0, 0.05) is 12.3 Å². The number of halogens is 1. The van der Waals surface area contributed by atoms with E-state index < -0.39 is 39.0 Å². The lowest BCUT2D eigenvalue weighted by atomic mass is 10.2. The van der Waals surface area contributed by atoms with Crippen LogP contribution in [0.5, 0.6) is 0 Å². The quantitative estimate of drug-likeness (QED) is 0.242. The number of ether oxygens (including phenoxy) is 1. The second-order valence-corrected chi connectivity index (χ2v) is 7.53. The fourth-order valence-electron chi connectivity index (χ4n) is 2.40. The molecular weight excluding hydrogens is 421 g/mol. The van der Waals surface area contributed by atoms with Crippen LogP contribution >= 0.6 is 0 Å². The molecule has 13 heteroatoms. The minimum Gasteiger partial charge on any atom is -0.504 e. The number of carbonyl (C=O) groups excluding carboxylic acids is 2. The SMILES string of the molecule is CCOC(=O)c1cc(C(=O)C=C(O)c2nn[nH]n2)n(S(=O)(=O)c2ccc(F)cc2)c1. The van der Waals surface area contributed by atoms with Crippen LogP contribution in [0.15, 0.2) is 47.5 Å². The maximum Gasteiger partial charge on any atom is 0.339 e. The van der Waals surface area contributed by atoms with Gasteiger partial charge >= 0.3 is 5.97 Å². The lowest BCUT2D eigenvalue weighted by Crippen LogP contribution is -2.17. The zero-order valence-electron chi connectivity index (χ0n) is 15.3. The molecule has 0 aliphatic heterocycles. The van der Waals surface area contributed by atoms with E-state index in [2.05, 4.69) is 20.6 Å². The van der Waals surface area contributed by atoms with Gasteiger partial charge in [0.15, 0.2) is 5.76 Å². The zero-order chi connectivity index (χ0) is 21.9. The van der Waals surface area contributed by atoms with Gasteiger partial charge in [-0.05, 0) is 42.5 Å². The van der Waals surface area contributed by atoms with Gasteiger partial charge in [-0.25, -0.2) is 21.6 Å². The van der Waals surface area contributed by atoms with Crippen molar-refractivity contribution in [2.24, 2.45) is 0 Å². The second kappa shape index (κ2) is 8.24. The van der Waals surface area contributed by atoms with E-state index in [4.69, 9.17) is 4.74 Å². The molecule has 0 saturated heterocycles. The lowest BCUT2D eigenvalue weighted by molar-refractivity contribution is 0.0526. The summed E-state index contributed by atoms with van der Waals surface area (Å²) >= 11 is 0. The summed E-state index contributed by atoms with van der Waals surface area (Å²) in [5, 5.41) is 22.3. The second-order valence-electron chi connectivity index (χ2n) is 5.72. The number of tetrazole rings is 1. The molecule has 0 spiro atoms. The molecule has 0 bridgehead atoms. The van der Waals surface area contributed by atoms with Crippen LogP contribution in [-0.4, -0.2) is 56.5 Å². The summed E-state index contributed by atoms with van der Waals surface area (Å²) in [5.74, 6) is -3.46. The Labute approximate surface area is 168 Å². The Balaban J connectivity index is 2.11. The fourth-order valence-corrected chi connectivity index (χ4v) is 3.76. The number of aliphatic hydroxyl groups is 1. The molecule has 2 heterocycles. The third-order valence-electron chi connectivity index (χ3n) is 3.76. The van der Waals surface area contributed by atoms with Crippen LogP contribution in [0.1, 0.15) is 33.6 Å². The van der Waals surface area contributed by atoms with Crippen LogP contribution in [0, 0.1) is 5.82 Å². The fraction of sp³-hybridized carbons (Fsp3) is 0.118. The van der Waals surface area contributed by atoms with E-state index in [0.717, 1.165) is 36.5 Å². The molecule has 0 unspecified atom stereocenters. The van der Waals surface area contributed by atoms with Crippen LogP contribution in [0.25, 0.3) is 5.76 Å². The van der Waals surface area contributed by atoms with Gasteiger partial charge < -0.3 is 9.84 Å². The largest absolute Gasteiger partial charge is 0.504 e. The molecule has 156 valence electrons. The van der Waals surface area contributed by atoms with Gasteiger partial charge in [-0.15, -0.1) is 10.2 Å². The van der Waals surface area contributed by atoms with Crippen molar-refractivity contribution in [3.63, 3.8) is 0 Å². The summed E-state index contributed by atoms with van der Waals surface area (Å²) in [7, 11) is -4.39. The molecule has 0 atom stereocenters. The van der Waals surface area contributed by atoms with Gasteiger partial charge in [-0.1, -0.05) is 0 Å². The number of benzene rings is 1. The minimum absolute atomic E-state index is 0.0243. The van der Waals surface area contributed by atoms with Gasteiger partial charge in [-0.2, -0.15) is 5.21 Å². The van der Waals surface area contributed by atoms with Gasteiger partial charge in [0.2, 0.25) is 11.6 Å². The predicted molar refractivity (Wildman–Crippen MR) is 98.5 cm³/mol. The number of hydrogen-bond acceptors (Lipinski definition) is 9. The number of H-pyrrole nitrogens is 1. The summed E-state index contributed by atoms with van der Waals surface area (Å²) < 4.78 is 44.6. The van der Waals surface area contributed by atoms with Crippen molar-refractivity contribution in [3.05, 3.63) is 65.5 Å². The molecule has 30 heavy (non-hydrogen) atoms. The molecule has 1 aromatic carbocycles. The Morgan fingerprint density at radius 1 is 1.30 bits per heavy atom. The van der Waals surface area contributed by atoms with E-state index in [1.165, 1.54) is 0 Å². The van der Waals surface area contributed by atoms with Gasteiger partial charge in [0.25, 0.3) is 10.0 Å². The minimum atomic E-state index is -4.39. The molecule has 3 aromatic rings. The van der Waals surface area contributed by atoms with Crippen LogP contribution in [0.2, 0.25) is 0 Å². The zero-order valence-corrected chi connectivity index (χ0v) is 16.1. The predicted octanol–water partition coefficient (Wildman–Crippen LogP) is 1.34. The Morgan fingerprint density at radius 2 is 2.00 bits per heavy atom. The Bertz CT molecular complexity index is 1220. The van der Waals surface area contributed by atoms with Gasteiger partial charge in [0.05, 0.1) is 17.1 Å². The number of aliphatic hydroxyl groups excluding tert-OH is 1. The highest BCUT2D eigenvalue weighted by atomic mass is 32.2. The normalized spacial score (nSPS) is 12.0. The van der Waals surface area contributed by atoms with Gasteiger partial charge in [0.1, 0.15) is 11.5 Å². The van der Waals surface area contributed by atoms with E-state index in [9.17, 15) is 27.5 Å². The van der Waals surface area contributed by atoms with Crippen molar-refractivity contribution < 1.29 is 32.2 Å². The molecule has 0 radical (unpaired) electrons. The molecule has 11 nitrogen and oxygen atoms in total. The Morgan fingerprint density at radius 3 is 2.60 bits per heavy atom. The molecule has 0 saturated carbocycles. The molecule has 0 aliphatic rings. The average Bonchev–Trinajstić information content (AvgIpc) is 3.39. The van der Waals surface area contributed by atoms with E-state index in [-0.39, 0.29) is 22.9 Å². The number of carbonyl (C=O) groups is 2. The lowest BCUT2D eigenvalue weighted by Gasteiger charge is -2.09. The van der Waals surface area contributed by atoms with Crippen molar-refractivity contribution in [1.29, 1.82) is 0 Å². The smallest absolute Gasteiger partial charge is 0.339 e. The first-order chi connectivity index (χ1) is 14.2. The average molecular weight is 435 g/mol. The maximum atomic E-state index is 13.2. The number of nitrogens with zero attached hydrogens (tertiary/aromatic N) is 4. The number of esters is 1. The third-order valence-corrected chi connectivity index (χ3v) is 5.45. The highest BCUT2D eigenvalue weighted by Gasteiger charge is 2.26. The van der Waals surface area contributed by atoms with Crippen molar-refractivity contribution in [3.8, 4) is 0 Å². The molecule has 0 aliphatic carbocycles. The van der Waals surface area contributed by atoms with Crippen LogP contribution in [-0.2, 0) is 14.8 Å². The monoisotopic (exact) mass is 435 g/mol. The summed E-state index contributed by atoms with van der Waals surface area (Å²) in [6.07, 6.45) is 1.58. The summed E-state index contributed by atoms with van der Waals surface area (Å²) in [6, 6.07) is 4.89. The van der Waals surface area contributed by atoms with Crippen molar-refractivity contribution in [2.45, 2.75) is 11.8 Å². The summed E-state index contributed by atoms with van der Waals surface area (Å²) in [5.41, 5.74) is -0.684. The highest BCUT2D eigenvalue weighted by molar-refractivity contribution is 7.90. The number of ketones is 1. The van der Waals surface area contributed by atoms with E-state index in [0.29, 0.717) is 10.0 Å². The molecular formula is C17H14FN5O6S. The highest BCUT2D eigenvalue weighted by Crippen LogP contribution is 2.21. The third kappa shape index (κ3) is 4.10. The molecule has 0 amide bonds. The summed E-state index contributed by atoms with van der Waals surface area (Å²) in [4.78, 5) is 24.4. The van der Waals surface area contributed by atoms with E-state index in [1.54, 1.807) is 6.92 Å². The number of aromatic nitrogens is 5. The number of allylic oxidation sites excluding steroid dienone is 1. The first kappa shape index (κ1) is 20.9. The first-order valence-corrected chi connectivity index (χ1v) is 9.77. The molecule has 2 N–H and O–H groups in total. The van der Waals surface area contributed by atoms with Crippen molar-refractivity contribution in [2.75, 3.05) is 6.61 Å². The molecule has 3 rings (SSSR count). The number of nitrogens with one attached hydrogen (secondary N) is 1. The van der Waals surface area contributed by atoms with Crippen molar-refractivity contribution >= 4 is 27.5 Å². The first-order valence-electron chi connectivity index (χ1n) is 8.33. The topological polar surface area (TPSA) is 157 Å². The van der Waals surface area contributed by atoms with Crippen molar-refractivity contribution in [1.82, 2.24) is 24.6 Å². The van der Waals surface area contributed by atoms with Crippen LogP contribution in [0.4, 0.5) is 4.39 Å². The Kier molecular flexibility index (Phi) is 5.73. The number of hydrogen-bond donors (Lipinski definition) is 2. The standard InChI is InChI=1S/C17H14FN5O6S/c1-2-29-17(26)10-7-13(14(24)8-15(25)16-19-21-22-20-16)23(9-10)30(27,28)12-5-3-11(18)4-6-12/h3-9,25H,2H2,1H3,(H,19,20,21,22). The van der Waals surface area contributed by atoms with E-state index in [1.807, 2.05) is 0 Å². The molecule has 2 aromatic heterocycles. The maximum absolute atomic E-state index is 13.2. The number of rotatable bonds is 7. The van der Waals surface area contributed by atoms with E-state index >= 15 is 0 Å². The summed E-state index contributed by atoms with van der Waals surface area (Å²) in [6.45, 7) is 1.58. The Hall–Kier alpha value is -3.87. The van der Waals surface area contributed by atoms with Crippen LogP contribution < -0.4 is 0 Å². The van der Waals surface area contributed by atoms with Crippen LogP contribution in [0.3, 0.4) is 0 Å².